The topological polar surface area (TPSA) is 56.8 Å². The Hall–Kier alpha value is -2.69. The van der Waals surface area contributed by atoms with Gasteiger partial charge in [0.2, 0.25) is 6.79 Å². The number of amides is 1. The summed E-state index contributed by atoms with van der Waals surface area (Å²) in [5, 5.41) is 2.85. The molecule has 5 nitrogen and oxygen atoms in total. The molecule has 126 valence electrons. The van der Waals surface area contributed by atoms with Gasteiger partial charge in [-0.3, -0.25) is 4.79 Å². The molecule has 1 N–H and O–H groups in total. The van der Waals surface area contributed by atoms with Gasteiger partial charge in [-0.2, -0.15) is 0 Å². The third kappa shape index (κ3) is 3.30. The van der Waals surface area contributed by atoms with Crippen LogP contribution in [0.2, 0.25) is 0 Å². The highest BCUT2D eigenvalue weighted by atomic mass is 16.7. The van der Waals surface area contributed by atoms with Crippen molar-refractivity contribution >= 4 is 5.91 Å². The number of nitrogens with one attached hydrogen (secondary N) is 1. The molecule has 0 saturated heterocycles. The molecule has 0 saturated carbocycles. The summed E-state index contributed by atoms with van der Waals surface area (Å²) in [7, 11) is 0. The van der Waals surface area contributed by atoms with Crippen LogP contribution < -0.4 is 19.5 Å². The van der Waals surface area contributed by atoms with Crippen LogP contribution in [0.15, 0.2) is 30.3 Å². The fourth-order valence-electron chi connectivity index (χ4n) is 2.61. The largest absolute Gasteiger partial charge is 0.491 e. The van der Waals surface area contributed by atoms with E-state index in [1.54, 1.807) is 18.2 Å². The van der Waals surface area contributed by atoms with Gasteiger partial charge in [-0.25, -0.2) is 0 Å². The summed E-state index contributed by atoms with van der Waals surface area (Å²) in [5.41, 5.74) is 3.97. The van der Waals surface area contributed by atoms with Crippen LogP contribution in [-0.2, 0) is 0 Å². The van der Waals surface area contributed by atoms with Gasteiger partial charge >= 0.3 is 0 Å². The average molecular weight is 327 g/mol. The Morgan fingerprint density at radius 2 is 1.83 bits per heavy atom. The first-order chi connectivity index (χ1) is 11.6. The second-order valence-electron chi connectivity index (χ2n) is 5.83. The van der Waals surface area contributed by atoms with Crippen molar-refractivity contribution in [2.45, 2.75) is 20.8 Å². The molecule has 0 aromatic heterocycles. The Morgan fingerprint density at radius 1 is 1.08 bits per heavy atom. The molecule has 1 amide bonds. The Morgan fingerprint density at radius 3 is 2.67 bits per heavy atom. The Balaban J connectivity index is 1.54. The highest BCUT2D eigenvalue weighted by molar-refractivity contribution is 5.94. The van der Waals surface area contributed by atoms with Gasteiger partial charge in [0, 0.05) is 5.56 Å². The Labute approximate surface area is 141 Å². The molecule has 1 heterocycles. The fraction of sp³-hybridized carbons (Fsp3) is 0.316. The predicted molar refractivity (Wildman–Crippen MR) is 91.0 cm³/mol. The van der Waals surface area contributed by atoms with Crippen LogP contribution in [0, 0.1) is 20.8 Å². The van der Waals surface area contributed by atoms with Gasteiger partial charge in [-0.15, -0.1) is 0 Å². The van der Waals surface area contributed by atoms with E-state index < -0.39 is 0 Å². The normalized spacial score (nSPS) is 12.1. The van der Waals surface area contributed by atoms with Gasteiger partial charge in [0.15, 0.2) is 11.5 Å². The molecule has 5 heteroatoms. The number of fused-ring (bicyclic) bond motifs is 1. The maximum absolute atomic E-state index is 12.2. The standard InChI is InChI=1S/C19H21NO4/c1-12-4-5-13(2)18(14(12)3)22-9-8-20-19(21)15-6-7-16-17(10-15)24-11-23-16/h4-7,10H,8-9,11H2,1-3H3,(H,20,21). The lowest BCUT2D eigenvalue weighted by Gasteiger charge is -2.14. The first kappa shape index (κ1) is 16.2. The number of hydrogen-bond donors (Lipinski definition) is 1. The summed E-state index contributed by atoms with van der Waals surface area (Å²) in [6, 6.07) is 9.28. The number of carbonyl (C=O) groups is 1. The Bertz CT molecular complexity index is 770. The molecular formula is C19H21NO4. The summed E-state index contributed by atoms with van der Waals surface area (Å²) in [6.45, 7) is 7.17. The van der Waals surface area contributed by atoms with Crippen molar-refractivity contribution in [2.24, 2.45) is 0 Å². The fourth-order valence-corrected chi connectivity index (χ4v) is 2.61. The predicted octanol–water partition coefficient (Wildman–Crippen LogP) is 3.15. The molecule has 0 atom stereocenters. The maximum Gasteiger partial charge on any atom is 0.251 e. The maximum atomic E-state index is 12.2. The molecule has 2 aromatic rings. The number of rotatable bonds is 5. The number of benzene rings is 2. The zero-order valence-corrected chi connectivity index (χ0v) is 14.1. The quantitative estimate of drug-likeness (QED) is 0.857. The summed E-state index contributed by atoms with van der Waals surface area (Å²) in [6.07, 6.45) is 0. The first-order valence-electron chi connectivity index (χ1n) is 7.93. The van der Waals surface area contributed by atoms with Crippen LogP contribution in [0.25, 0.3) is 0 Å². The minimum Gasteiger partial charge on any atom is -0.491 e. The van der Waals surface area contributed by atoms with Gasteiger partial charge < -0.3 is 19.5 Å². The molecule has 1 aliphatic heterocycles. The van der Waals surface area contributed by atoms with Crippen LogP contribution in [0.1, 0.15) is 27.0 Å². The van der Waals surface area contributed by atoms with E-state index in [0.29, 0.717) is 30.2 Å². The lowest BCUT2D eigenvalue weighted by molar-refractivity contribution is 0.0946. The lowest BCUT2D eigenvalue weighted by atomic mass is 10.1. The molecule has 0 bridgehead atoms. The minimum atomic E-state index is -0.158. The third-order valence-electron chi connectivity index (χ3n) is 4.14. The van der Waals surface area contributed by atoms with Crippen molar-refractivity contribution in [3.63, 3.8) is 0 Å². The highest BCUT2D eigenvalue weighted by Crippen LogP contribution is 2.32. The lowest BCUT2D eigenvalue weighted by Crippen LogP contribution is -2.28. The van der Waals surface area contributed by atoms with E-state index in [1.807, 2.05) is 19.9 Å². The molecule has 3 rings (SSSR count). The van der Waals surface area contributed by atoms with Crippen molar-refractivity contribution in [3.05, 3.63) is 52.6 Å². The molecule has 24 heavy (non-hydrogen) atoms. The van der Waals surface area contributed by atoms with E-state index in [0.717, 1.165) is 16.9 Å². The van der Waals surface area contributed by atoms with Crippen LogP contribution >= 0.6 is 0 Å². The highest BCUT2D eigenvalue weighted by Gasteiger charge is 2.16. The van der Waals surface area contributed by atoms with Gasteiger partial charge in [0.25, 0.3) is 5.91 Å². The van der Waals surface area contributed by atoms with E-state index in [2.05, 4.69) is 18.3 Å². The van der Waals surface area contributed by atoms with Crippen molar-refractivity contribution < 1.29 is 19.0 Å². The number of hydrogen-bond acceptors (Lipinski definition) is 4. The number of carbonyl (C=O) groups excluding carboxylic acids is 1. The van der Waals surface area contributed by atoms with E-state index in [-0.39, 0.29) is 12.7 Å². The summed E-state index contributed by atoms with van der Waals surface area (Å²) in [4.78, 5) is 12.2. The molecular weight excluding hydrogens is 306 g/mol. The molecule has 0 spiro atoms. The second-order valence-corrected chi connectivity index (χ2v) is 5.83. The zero-order valence-electron chi connectivity index (χ0n) is 14.1. The number of ether oxygens (including phenoxy) is 3. The van der Waals surface area contributed by atoms with E-state index in [9.17, 15) is 4.79 Å². The second kappa shape index (κ2) is 6.83. The molecule has 0 radical (unpaired) electrons. The van der Waals surface area contributed by atoms with Crippen molar-refractivity contribution in [2.75, 3.05) is 19.9 Å². The monoisotopic (exact) mass is 327 g/mol. The van der Waals surface area contributed by atoms with Gasteiger partial charge in [-0.1, -0.05) is 12.1 Å². The summed E-state index contributed by atoms with van der Waals surface area (Å²) >= 11 is 0. The molecule has 1 aliphatic rings. The Kier molecular flexibility index (Phi) is 4.60. The van der Waals surface area contributed by atoms with Gasteiger partial charge in [-0.05, 0) is 55.7 Å². The van der Waals surface area contributed by atoms with Gasteiger partial charge in [0.05, 0.1) is 6.54 Å². The number of aryl methyl sites for hydroxylation is 2. The van der Waals surface area contributed by atoms with Crippen molar-refractivity contribution in [3.8, 4) is 17.2 Å². The minimum absolute atomic E-state index is 0.158. The average Bonchev–Trinajstić information content (AvgIpc) is 3.05. The van der Waals surface area contributed by atoms with Gasteiger partial charge in [0.1, 0.15) is 12.4 Å². The van der Waals surface area contributed by atoms with Crippen LogP contribution in [0.5, 0.6) is 17.2 Å². The van der Waals surface area contributed by atoms with Crippen molar-refractivity contribution in [1.29, 1.82) is 0 Å². The van der Waals surface area contributed by atoms with Crippen molar-refractivity contribution in [1.82, 2.24) is 5.32 Å². The SMILES string of the molecule is Cc1ccc(C)c(OCCNC(=O)c2ccc3c(c2)OCO3)c1C. The molecule has 0 fully saturated rings. The smallest absolute Gasteiger partial charge is 0.251 e. The molecule has 0 aliphatic carbocycles. The van der Waals surface area contributed by atoms with Crippen LogP contribution in [0.4, 0.5) is 0 Å². The molecule has 2 aromatic carbocycles. The van der Waals surface area contributed by atoms with E-state index >= 15 is 0 Å². The zero-order chi connectivity index (χ0) is 17.1. The van der Waals surface area contributed by atoms with Crippen LogP contribution in [0.3, 0.4) is 0 Å². The first-order valence-corrected chi connectivity index (χ1v) is 7.93. The molecule has 0 unspecified atom stereocenters. The van der Waals surface area contributed by atoms with Crippen LogP contribution in [-0.4, -0.2) is 25.9 Å². The van der Waals surface area contributed by atoms with E-state index in [1.165, 1.54) is 5.56 Å². The third-order valence-corrected chi connectivity index (χ3v) is 4.14. The summed E-state index contributed by atoms with van der Waals surface area (Å²) in [5.74, 6) is 2.01. The van der Waals surface area contributed by atoms with E-state index in [4.69, 9.17) is 14.2 Å². The summed E-state index contributed by atoms with van der Waals surface area (Å²) < 4.78 is 16.4.